The third kappa shape index (κ3) is 3.37. The van der Waals surface area contributed by atoms with Gasteiger partial charge in [-0.25, -0.2) is 0 Å². The summed E-state index contributed by atoms with van der Waals surface area (Å²) in [5.41, 5.74) is 1.55. The number of carbonyl (C=O) groups excluding carboxylic acids is 1. The maximum Gasteiger partial charge on any atom is 0.227 e. The van der Waals surface area contributed by atoms with E-state index < -0.39 is 0 Å². The smallest absolute Gasteiger partial charge is 0.227 e. The molecule has 6 heteroatoms. The minimum absolute atomic E-state index is 0.0410. The third-order valence-corrected chi connectivity index (χ3v) is 3.37. The monoisotopic (exact) mass is 300 g/mol. The van der Waals surface area contributed by atoms with Crippen LogP contribution < -0.4 is 9.74 Å². The molecule has 0 bridgehead atoms. The van der Waals surface area contributed by atoms with Crippen LogP contribution in [0.5, 0.6) is 0 Å². The maximum absolute atomic E-state index is 11.9. The molecular formula is C16H20N4O2. The second-order valence-electron chi connectivity index (χ2n) is 4.94. The Hall–Kier alpha value is -2.55. The van der Waals surface area contributed by atoms with Gasteiger partial charge in [-0.15, -0.1) is 5.10 Å². The lowest BCUT2D eigenvalue weighted by atomic mass is 10.2. The summed E-state index contributed by atoms with van der Waals surface area (Å²) in [7, 11) is 0. The first kappa shape index (κ1) is 15.8. The molecule has 0 unspecified atom stereocenters. The highest BCUT2D eigenvalue weighted by Crippen LogP contribution is 2.22. The summed E-state index contributed by atoms with van der Waals surface area (Å²) in [6.07, 6.45) is 4.09. The molecule has 0 aliphatic carbocycles. The predicted octanol–water partition coefficient (Wildman–Crippen LogP) is 2.53. The van der Waals surface area contributed by atoms with Crippen LogP contribution >= 0.6 is 0 Å². The number of rotatable bonds is 7. The largest absolute Gasteiger partial charge is 0.396 e. The molecule has 116 valence electrons. The van der Waals surface area contributed by atoms with Gasteiger partial charge in [0.1, 0.15) is 18.7 Å². The minimum atomic E-state index is -0.0764. The molecule has 1 aromatic heterocycles. The van der Waals surface area contributed by atoms with Crippen molar-refractivity contribution in [2.24, 2.45) is 0 Å². The molecule has 1 heterocycles. The number of hydrogen-bond donors (Lipinski definition) is 0. The van der Waals surface area contributed by atoms with Gasteiger partial charge in [0, 0.05) is 17.5 Å². The molecule has 2 rings (SSSR count). The number of aromatic nitrogens is 2. The van der Waals surface area contributed by atoms with Crippen LogP contribution in [0.25, 0.3) is 10.9 Å². The Kier molecular flexibility index (Phi) is 5.37. The zero-order valence-corrected chi connectivity index (χ0v) is 13.0. The summed E-state index contributed by atoms with van der Waals surface area (Å²) in [4.78, 5) is 20.5. The van der Waals surface area contributed by atoms with Crippen molar-refractivity contribution in [2.45, 2.75) is 33.1 Å². The first-order valence-electron chi connectivity index (χ1n) is 7.49. The molecular weight excluding hydrogens is 280 g/mol. The molecule has 0 saturated carbocycles. The molecule has 0 aliphatic rings. The summed E-state index contributed by atoms with van der Waals surface area (Å²) >= 11 is 0. The predicted molar refractivity (Wildman–Crippen MR) is 84.3 cm³/mol. The zero-order valence-electron chi connectivity index (χ0n) is 13.0. The van der Waals surface area contributed by atoms with E-state index in [0.29, 0.717) is 18.7 Å². The van der Waals surface area contributed by atoms with E-state index in [4.69, 9.17) is 10.1 Å². The van der Waals surface area contributed by atoms with Gasteiger partial charge in [0.05, 0.1) is 12.3 Å². The van der Waals surface area contributed by atoms with Gasteiger partial charge in [-0.05, 0) is 24.6 Å². The highest BCUT2D eigenvalue weighted by molar-refractivity contribution is 5.96. The molecule has 0 aliphatic heterocycles. The average Bonchev–Trinajstić information content (AvgIpc) is 2.94. The number of nitriles is 1. The minimum Gasteiger partial charge on any atom is -0.396 e. The van der Waals surface area contributed by atoms with E-state index in [1.807, 2.05) is 24.3 Å². The number of fused-ring (bicyclic) bond motifs is 1. The lowest BCUT2D eigenvalue weighted by Crippen LogP contribution is -2.30. The highest BCUT2D eigenvalue weighted by atomic mass is 16.7. The van der Waals surface area contributed by atoms with Crippen molar-refractivity contribution < 1.29 is 9.63 Å². The summed E-state index contributed by atoms with van der Waals surface area (Å²) in [5.74, 6) is -0.0764. The number of benzene rings is 1. The summed E-state index contributed by atoms with van der Waals surface area (Å²) in [5, 5.41) is 14.0. The van der Waals surface area contributed by atoms with Crippen LogP contribution in [0.1, 0.15) is 33.1 Å². The Morgan fingerprint density at radius 3 is 2.95 bits per heavy atom. The van der Waals surface area contributed by atoms with Crippen molar-refractivity contribution in [3.8, 4) is 6.07 Å². The van der Waals surface area contributed by atoms with Crippen molar-refractivity contribution >= 4 is 22.5 Å². The molecule has 0 saturated heterocycles. The van der Waals surface area contributed by atoms with Crippen LogP contribution in [0.3, 0.4) is 0 Å². The number of carbonyl (C=O) groups is 1. The van der Waals surface area contributed by atoms with E-state index in [9.17, 15) is 4.79 Å². The van der Waals surface area contributed by atoms with Crippen molar-refractivity contribution in [1.29, 1.82) is 5.26 Å². The van der Waals surface area contributed by atoms with Gasteiger partial charge in [0.2, 0.25) is 5.91 Å². The fourth-order valence-corrected chi connectivity index (χ4v) is 2.15. The number of unbranched alkanes of at least 4 members (excludes halogenated alkanes) is 1. The fraction of sp³-hybridized carbons (Fsp3) is 0.438. The Morgan fingerprint density at radius 1 is 1.45 bits per heavy atom. The highest BCUT2D eigenvalue weighted by Gasteiger charge is 2.15. The van der Waals surface area contributed by atoms with E-state index in [0.717, 1.165) is 23.7 Å². The van der Waals surface area contributed by atoms with Gasteiger partial charge in [-0.1, -0.05) is 25.1 Å². The lowest BCUT2D eigenvalue weighted by Gasteiger charge is -2.19. The molecule has 0 radical (unpaired) electrons. The maximum atomic E-state index is 11.9. The van der Waals surface area contributed by atoms with Crippen molar-refractivity contribution in [3.63, 3.8) is 0 Å². The van der Waals surface area contributed by atoms with Crippen LogP contribution in [0.2, 0.25) is 0 Å². The SMILES string of the molecule is CCCCOn1ncc2cc(N(CC#N)C(=O)CC)ccc21. The Balaban J connectivity index is 2.27. The number of hydrogen-bond acceptors (Lipinski definition) is 4. The quantitative estimate of drug-likeness (QED) is 0.582. The molecule has 0 N–H and O–H groups in total. The summed E-state index contributed by atoms with van der Waals surface area (Å²) in [6.45, 7) is 4.54. The standard InChI is InChI=1S/C16H20N4O2/c1-3-5-10-22-20-15-7-6-14(11-13(15)12-18-20)19(9-8-17)16(21)4-2/h6-7,11-12H,3-5,9-10H2,1-2H3. The molecule has 6 nitrogen and oxygen atoms in total. The van der Waals surface area contributed by atoms with Crippen LogP contribution in [0.15, 0.2) is 24.4 Å². The first-order valence-corrected chi connectivity index (χ1v) is 7.49. The van der Waals surface area contributed by atoms with E-state index in [1.54, 1.807) is 13.1 Å². The second-order valence-corrected chi connectivity index (χ2v) is 4.94. The zero-order chi connectivity index (χ0) is 15.9. The number of amides is 1. The van der Waals surface area contributed by atoms with Crippen LogP contribution in [0.4, 0.5) is 5.69 Å². The Labute approximate surface area is 129 Å². The summed E-state index contributed by atoms with van der Waals surface area (Å²) in [6, 6.07) is 7.55. The van der Waals surface area contributed by atoms with Crippen LogP contribution in [-0.2, 0) is 4.79 Å². The normalized spacial score (nSPS) is 10.4. The second kappa shape index (κ2) is 7.46. The molecule has 2 aromatic rings. The molecule has 22 heavy (non-hydrogen) atoms. The van der Waals surface area contributed by atoms with Gasteiger partial charge in [-0.3, -0.25) is 9.69 Å². The van der Waals surface area contributed by atoms with Gasteiger partial charge >= 0.3 is 0 Å². The lowest BCUT2D eigenvalue weighted by molar-refractivity contribution is -0.118. The van der Waals surface area contributed by atoms with Crippen molar-refractivity contribution in [2.75, 3.05) is 18.1 Å². The molecule has 0 fully saturated rings. The summed E-state index contributed by atoms with van der Waals surface area (Å²) < 4.78 is 0. The average molecular weight is 300 g/mol. The third-order valence-electron chi connectivity index (χ3n) is 3.37. The molecule has 1 amide bonds. The van der Waals surface area contributed by atoms with Crippen LogP contribution in [0, 0.1) is 11.3 Å². The Morgan fingerprint density at radius 2 is 2.27 bits per heavy atom. The Bertz CT molecular complexity index is 687. The number of nitrogens with zero attached hydrogens (tertiary/aromatic N) is 4. The van der Waals surface area contributed by atoms with Crippen molar-refractivity contribution in [1.82, 2.24) is 9.94 Å². The molecule has 0 spiro atoms. The van der Waals surface area contributed by atoms with E-state index in [1.165, 1.54) is 9.75 Å². The first-order chi connectivity index (χ1) is 10.7. The van der Waals surface area contributed by atoms with Gasteiger partial charge in [-0.2, -0.15) is 5.26 Å². The van der Waals surface area contributed by atoms with Crippen LogP contribution in [-0.4, -0.2) is 29.0 Å². The fourth-order valence-electron chi connectivity index (χ4n) is 2.15. The van der Waals surface area contributed by atoms with Crippen molar-refractivity contribution in [3.05, 3.63) is 24.4 Å². The number of anilines is 1. The van der Waals surface area contributed by atoms with Gasteiger partial charge in [0.15, 0.2) is 0 Å². The van der Waals surface area contributed by atoms with E-state index in [-0.39, 0.29) is 12.5 Å². The van der Waals surface area contributed by atoms with E-state index >= 15 is 0 Å². The molecule has 0 atom stereocenters. The van der Waals surface area contributed by atoms with Gasteiger partial charge in [0.25, 0.3) is 0 Å². The van der Waals surface area contributed by atoms with Gasteiger partial charge < -0.3 is 4.84 Å². The topological polar surface area (TPSA) is 71.2 Å². The van der Waals surface area contributed by atoms with E-state index in [2.05, 4.69) is 12.0 Å². The molecule has 1 aromatic carbocycles.